The first-order valence-electron chi connectivity index (χ1n) is 10.8. The number of hydrogen-bond donors (Lipinski definition) is 0. The van der Waals surface area contributed by atoms with Crippen LogP contribution < -0.4 is 5.56 Å². The topological polar surface area (TPSA) is 58.4 Å². The first-order chi connectivity index (χ1) is 15.0. The summed E-state index contributed by atoms with van der Waals surface area (Å²) < 4.78 is 15.3. The van der Waals surface area contributed by atoms with Crippen LogP contribution in [0.4, 0.5) is 4.39 Å². The standard InChI is InChI=1S/C24H27FN4O2/c1-3-11-29-22(26-21-10-5-4-9-20(21)24(29)31)17(2)27-12-14-28(15-13-27)23(30)18-7-6-8-19(25)16-18/h4-10,16-17H,3,11-15H2,1-2H3. The number of piperazine rings is 1. The molecule has 1 aromatic heterocycles. The van der Waals surface area contributed by atoms with Gasteiger partial charge in [0.2, 0.25) is 0 Å². The summed E-state index contributed by atoms with van der Waals surface area (Å²) in [5.41, 5.74) is 1.07. The molecule has 1 amide bonds. The number of para-hydroxylation sites is 1. The van der Waals surface area contributed by atoms with Gasteiger partial charge in [0, 0.05) is 38.3 Å². The van der Waals surface area contributed by atoms with Crippen LogP contribution in [0.1, 0.15) is 42.5 Å². The number of halogens is 1. The summed E-state index contributed by atoms with van der Waals surface area (Å²) >= 11 is 0. The lowest BCUT2D eigenvalue weighted by atomic mass is 10.1. The predicted molar refractivity (Wildman–Crippen MR) is 119 cm³/mol. The van der Waals surface area contributed by atoms with Crippen LogP contribution in [0.3, 0.4) is 0 Å². The zero-order valence-electron chi connectivity index (χ0n) is 17.9. The first kappa shape index (κ1) is 21.2. The summed E-state index contributed by atoms with van der Waals surface area (Å²) in [4.78, 5) is 34.6. The predicted octanol–water partition coefficient (Wildman–Crippen LogP) is 3.46. The van der Waals surface area contributed by atoms with Gasteiger partial charge >= 0.3 is 0 Å². The van der Waals surface area contributed by atoms with Gasteiger partial charge in [0.1, 0.15) is 11.6 Å². The van der Waals surface area contributed by atoms with E-state index < -0.39 is 5.82 Å². The van der Waals surface area contributed by atoms with E-state index in [-0.39, 0.29) is 17.5 Å². The Hall–Kier alpha value is -3.06. The highest BCUT2D eigenvalue weighted by Crippen LogP contribution is 2.22. The Morgan fingerprint density at radius 1 is 1.10 bits per heavy atom. The van der Waals surface area contributed by atoms with Crippen molar-refractivity contribution < 1.29 is 9.18 Å². The van der Waals surface area contributed by atoms with Crippen LogP contribution >= 0.6 is 0 Å². The van der Waals surface area contributed by atoms with Crippen LogP contribution in [-0.4, -0.2) is 51.4 Å². The second kappa shape index (κ2) is 8.98. The van der Waals surface area contributed by atoms with Gasteiger partial charge in [-0.15, -0.1) is 0 Å². The number of rotatable bonds is 5. The molecule has 1 saturated heterocycles. The van der Waals surface area contributed by atoms with Crippen LogP contribution in [0, 0.1) is 5.82 Å². The molecule has 7 heteroatoms. The molecule has 0 N–H and O–H groups in total. The second-order valence-electron chi connectivity index (χ2n) is 7.96. The minimum absolute atomic E-state index is 0.00535. The van der Waals surface area contributed by atoms with Crippen molar-refractivity contribution in [3.05, 3.63) is 76.1 Å². The second-order valence-corrected chi connectivity index (χ2v) is 7.96. The molecule has 162 valence electrons. The third-order valence-electron chi connectivity index (χ3n) is 5.93. The Kier molecular flexibility index (Phi) is 6.13. The molecule has 3 aromatic rings. The molecule has 2 heterocycles. The van der Waals surface area contributed by atoms with E-state index in [0.29, 0.717) is 49.2 Å². The molecule has 0 saturated carbocycles. The van der Waals surface area contributed by atoms with Crippen LogP contribution in [0.25, 0.3) is 10.9 Å². The molecule has 1 aliphatic heterocycles. The lowest BCUT2D eigenvalue weighted by molar-refractivity contribution is 0.0570. The van der Waals surface area contributed by atoms with E-state index in [9.17, 15) is 14.0 Å². The number of aromatic nitrogens is 2. The maximum absolute atomic E-state index is 13.5. The summed E-state index contributed by atoms with van der Waals surface area (Å²) in [6.45, 7) is 7.15. The van der Waals surface area contributed by atoms with Crippen molar-refractivity contribution in [3.63, 3.8) is 0 Å². The molecule has 1 fully saturated rings. The molecule has 0 bridgehead atoms. The Balaban J connectivity index is 1.54. The van der Waals surface area contributed by atoms with Crippen molar-refractivity contribution >= 4 is 16.8 Å². The molecular weight excluding hydrogens is 395 g/mol. The molecular formula is C24H27FN4O2. The SMILES string of the molecule is CCCn1c(C(C)N2CCN(C(=O)c3cccc(F)c3)CC2)nc2ccccc2c1=O. The molecule has 0 radical (unpaired) electrons. The molecule has 2 aromatic carbocycles. The number of carbonyl (C=O) groups is 1. The van der Waals surface area contributed by atoms with E-state index in [0.717, 1.165) is 12.2 Å². The average molecular weight is 423 g/mol. The molecule has 4 rings (SSSR count). The Bertz CT molecular complexity index is 1150. The Morgan fingerprint density at radius 2 is 1.84 bits per heavy atom. The monoisotopic (exact) mass is 422 g/mol. The largest absolute Gasteiger partial charge is 0.336 e. The van der Waals surface area contributed by atoms with Crippen LogP contribution in [-0.2, 0) is 6.54 Å². The van der Waals surface area contributed by atoms with Crippen molar-refractivity contribution in [2.45, 2.75) is 32.9 Å². The van der Waals surface area contributed by atoms with E-state index in [1.165, 1.54) is 12.1 Å². The van der Waals surface area contributed by atoms with Crippen LogP contribution in [0.5, 0.6) is 0 Å². The number of fused-ring (bicyclic) bond motifs is 1. The molecule has 0 aliphatic carbocycles. The number of nitrogens with zero attached hydrogens (tertiary/aromatic N) is 4. The fourth-order valence-electron chi connectivity index (χ4n) is 4.22. The number of carbonyl (C=O) groups excluding carboxylic acids is 1. The maximum atomic E-state index is 13.5. The minimum atomic E-state index is -0.408. The van der Waals surface area contributed by atoms with Crippen molar-refractivity contribution in [2.75, 3.05) is 26.2 Å². The summed E-state index contributed by atoms with van der Waals surface area (Å²) in [6.07, 6.45) is 0.843. The Morgan fingerprint density at radius 3 is 2.55 bits per heavy atom. The van der Waals surface area contributed by atoms with Crippen molar-refractivity contribution in [1.29, 1.82) is 0 Å². The number of benzene rings is 2. The summed E-state index contributed by atoms with van der Waals surface area (Å²) in [5, 5.41) is 0.636. The minimum Gasteiger partial charge on any atom is -0.336 e. The molecule has 31 heavy (non-hydrogen) atoms. The normalized spacial score (nSPS) is 15.9. The third-order valence-corrected chi connectivity index (χ3v) is 5.93. The average Bonchev–Trinajstić information content (AvgIpc) is 2.80. The third kappa shape index (κ3) is 4.23. The lowest BCUT2D eigenvalue weighted by Gasteiger charge is -2.38. The summed E-state index contributed by atoms with van der Waals surface area (Å²) in [7, 11) is 0. The number of hydrogen-bond acceptors (Lipinski definition) is 4. The zero-order chi connectivity index (χ0) is 22.0. The highest BCUT2D eigenvalue weighted by molar-refractivity contribution is 5.94. The zero-order valence-corrected chi connectivity index (χ0v) is 17.9. The lowest BCUT2D eigenvalue weighted by Crippen LogP contribution is -2.50. The smallest absolute Gasteiger partial charge is 0.261 e. The van der Waals surface area contributed by atoms with Gasteiger partial charge in [-0.3, -0.25) is 19.1 Å². The van der Waals surface area contributed by atoms with E-state index >= 15 is 0 Å². The quantitative estimate of drug-likeness (QED) is 0.632. The van der Waals surface area contributed by atoms with Gasteiger partial charge in [0.25, 0.3) is 11.5 Å². The fourth-order valence-corrected chi connectivity index (χ4v) is 4.22. The Labute approximate surface area is 180 Å². The van der Waals surface area contributed by atoms with Gasteiger partial charge in [-0.05, 0) is 43.7 Å². The van der Waals surface area contributed by atoms with Gasteiger partial charge in [-0.25, -0.2) is 9.37 Å². The van der Waals surface area contributed by atoms with Crippen LogP contribution in [0.2, 0.25) is 0 Å². The molecule has 1 unspecified atom stereocenters. The van der Waals surface area contributed by atoms with Gasteiger partial charge in [-0.1, -0.05) is 25.1 Å². The highest BCUT2D eigenvalue weighted by atomic mass is 19.1. The van der Waals surface area contributed by atoms with E-state index in [4.69, 9.17) is 4.98 Å². The molecule has 0 spiro atoms. The van der Waals surface area contributed by atoms with Gasteiger partial charge in [-0.2, -0.15) is 0 Å². The summed E-state index contributed by atoms with van der Waals surface area (Å²) in [5.74, 6) is 0.198. The van der Waals surface area contributed by atoms with Gasteiger partial charge < -0.3 is 4.90 Å². The van der Waals surface area contributed by atoms with E-state index in [2.05, 4.69) is 11.8 Å². The van der Waals surface area contributed by atoms with Crippen molar-refractivity contribution in [3.8, 4) is 0 Å². The van der Waals surface area contributed by atoms with Gasteiger partial charge in [0.05, 0.1) is 16.9 Å². The first-order valence-corrected chi connectivity index (χ1v) is 10.8. The highest BCUT2D eigenvalue weighted by Gasteiger charge is 2.28. The maximum Gasteiger partial charge on any atom is 0.261 e. The van der Waals surface area contributed by atoms with Crippen molar-refractivity contribution in [1.82, 2.24) is 19.4 Å². The fraction of sp³-hybridized carbons (Fsp3) is 0.375. The number of amides is 1. The van der Waals surface area contributed by atoms with Gasteiger partial charge in [0.15, 0.2) is 0 Å². The molecule has 1 aliphatic rings. The summed E-state index contributed by atoms with van der Waals surface area (Å²) in [6, 6.07) is 13.2. The molecule has 1 atom stereocenters. The van der Waals surface area contributed by atoms with Crippen molar-refractivity contribution in [2.24, 2.45) is 0 Å². The van der Waals surface area contributed by atoms with E-state index in [1.54, 1.807) is 21.6 Å². The van der Waals surface area contributed by atoms with E-state index in [1.807, 2.05) is 31.2 Å². The van der Waals surface area contributed by atoms with Crippen LogP contribution in [0.15, 0.2) is 53.3 Å². The molecule has 6 nitrogen and oxygen atoms in total.